The lowest BCUT2D eigenvalue weighted by atomic mass is 10.3. The van der Waals surface area contributed by atoms with E-state index in [2.05, 4.69) is 78.6 Å². The molecule has 1 heterocycles. The summed E-state index contributed by atoms with van der Waals surface area (Å²) in [6.45, 7) is 15.5. The van der Waals surface area contributed by atoms with Crippen LogP contribution in [0.25, 0.3) is 0 Å². The van der Waals surface area contributed by atoms with Crippen LogP contribution in [0.2, 0.25) is 0 Å². The molecule has 0 aliphatic carbocycles. The Balaban J connectivity index is 0.00000110. The number of hydrogen-bond acceptors (Lipinski definition) is 9. The van der Waals surface area contributed by atoms with Crippen LogP contribution in [0.4, 0.5) is 11.9 Å². The molecular formula is C15H31ClN6O4. The highest BCUT2D eigenvalue weighted by Gasteiger charge is 2.12. The van der Waals surface area contributed by atoms with Gasteiger partial charge in [-0.1, -0.05) is 6.92 Å². The van der Waals surface area contributed by atoms with Crippen LogP contribution in [-0.2, 0) is 0 Å². The number of anilines is 2. The smallest absolute Gasteiger partial charge is 0.231 e. The number of rotatable bonds is 7. The molecule has 0 aromatic carbocycles. The van der Waals surface area contributed by atoms with E-state index in [1.165, 1.54) is 0 Å². The van der Waals surface area contributed by atoms with Crippen LogP contribution < -0.4 is 30.2 Å². The normalized spacial score (nSPS) is 12.5. The van der Waals surface area contributed by atoms with Crippen LogP contribution in [0, 0.1) is 10.2 Å². The molecule has 152 valence electrons. The van der Waals surface area contributed by atoms with E-state index >= 15 is 0 Å². The maximum absolute atomic E-state index is 8.60. The van der Waals surface area contributed by atoms with Gasteiger partial charge in [-0.3, -0.25) is 4.57 Å². The minimum atomic E-state index is -4.69. The first-order chi connectivity index (χ1) is 11.8. The summed E-state index contributed by atoms with van der Waals surface area (Å²) in [5, 5.41) is 6.65. The lowest BCUT2D eigenvalue weighted by molar-refractivity contribution is -1.92. The quantitative estimate of drug-likeness (QED) is 0.514. The van der Waals surface area contributed by atoms with Gasteiger partial charge in [0.15, 0.2) is 0 Å². The molecule has 11 heteroatoms. The molecule has 0 radical (unpaired) electrons. The summed E-state index contributed by atoms with van der Waals surface area (Å²) in [5.74, 6) is 1.45. The second-order valence-electron chi connectivity index (χ2n) is 6.48. The second kappa shape index (κ2) is 11.3. The predicted molar refractivity (Wildman–Crippen MR) is 90.9 cm³/mol. The van der Waals surface area contributed by atoms with Gasteiger partial charge in [-0.15, -0.1) is 0 Å². The SMILES string of the molecule is CCCNc1nc(NC(C)C)n(C(C)C)c(=NC(C)C)n1.[O-][Cl+3]([O-])([O-])O. The molecule has 0 atom stereocenters. The molecule has 0 saturated carbocycles. The molecule has 10 nitrogen and oxygen atoms in total. The molecule has 0 aliphatic rings. The first kappa shape index (κ1) is 24.5. The Hall–Kier alpha value is -1.46. The van der Waals surface area contributed by atoms with E-state index in [-0.39, 0.29) is 12.1 Å². The maximum atomic E-state index is 8.60. The lowest BCUT2D eigenvalue weighted by Gasteiger charge is -2.20. The largest absolute Gasteiger partial charge is 0.354 e. The second-order valence-corrected chi connectivity index (χ2v) is 7.27. The van der Waals surface area contributed by atoms with Crippen molar-refractivity contribution in [2.75, 3.05) is 17.2 Å². The monoisotopic (exact) mass is 394 g/mol. The molecule has 1 aromatic rings. The fraction of sp³-hybridized carbons (Fsp3) is 0.800. The van der Waals surface area contributed by atoms with Crippen LogP contribution in [0.5, 0.6) is 0 Å². The summed E-state index contributed by atoms with van der Waals surface area (Å²) < 4.78 is 34.8. The molecule has 1 aromatic heterocycles. The summed E-state index contributed by atoms with van der Waals surface area (Å²) in [6.07, 6.45) is 1.03. The third-order valence-corrected chi connectivity index (χ3v) is 2.70. The molecule has 0 aliphatic heterocycles. The van der Waals surface area contributed by atoms with E-state index in [0.717, 1.165) is 24.5 Å². The maximum Gasteiger partial charge on any atom is 0.231 e. The van der Waals surface area contributed by atoms with Gasteiger partial charge in [0.2, 0.25) is 17.5 Å². The van der Waals surface area contributed by atoms with Gasteiger partial charge in [-0.25, -0.2) is 4.99 Å². The van der Waals surface area contributed by atoms with Crippen LogP contribution in [0.1, 0.15) is 60.9 Å². The van der Waals surface area contributed by atoms with Crippen molar-refractivity contribution in [3.8, 4) is 0 Å². The van der Waals surface area contributed by atoms with Crippen molar-refractivity contribution in [1.29, 1.82) is 0 Å². The third-order valence-electron chi connectivity index (χ3n) is 2.70. The number of nitrogens with one attached hydrogen (secondary N) is 2. The van der Waals surface area contributed by atoms with Crippen LogP contribution in [-0.4, -0.2) is 37.8 Å². The Morgan fingerprint density at radius 2 is 1.65 bits per heavy atom. The van der Waals surface area contributed by atoms with Crippen molar-refractivity contribution in [1.82, 2.24) is 14.5 Å². The molecule has 26 heavy (non-hydrogen) atoms. The van der Waals surface area contributed by atoms with Gasteiger partial charge < -0.3 is 10.6 Å². The van der Waals surface area contributed by atoms with Gasteiger partial charge in [0.25, 0.3) is 0 Å². The molecule has 0 spiro atoms. The summed E-state index contributed by atoms with van der Waals surface area (Å²) in [4.78, 5) is 13.8. The van der Waals surface area contributed by atoms with E-state index in [4.69, 9.17) is 18.6 Å². The number of hydrogen-bond donors (Lipinski definition) is 3. The highest BCUT2D eigenvalue weighted by Crippen LogP contribution is 2.12. The van der Waals surface area contributed by atoms with Gasteiger partial charge in [-0.2, -0.15) is 23.9 Å². The Morgan fingerprint density at radius 3 is 2.04 bits per heavy atom. The zero-order valence-corrected chi connectivity index (χ0v) is 17.2. The van der Waals surface area contributed by atoms with Crippen LogP contribution >= 0.6 is 0 Å². The van der Waals surface area contributed by atoms with Crippen molar-refractivity contribution in [3.63, 3.8) is 0 Å². The van der Waals surface area contributed by atoms with Gasteiger partial charge >= 0.3 is 0 Å². The Bertz CT molecular complexity index is 593. The van der Waals surface area contributed by atoms with Gasteiger partial charge in [0, 0.05) is 24.7 Å². The first-order valence-corrected chi connectivity index (χ1v) is 9.79. The first-order valence-electron chi connectivity index (χ1n) is 8.53. The zero-order chi connectivity index (χ0) is 20.5. The predicted octanol–water partition coefficient (Wildman–Crippen LogP) is -1.31. The third kappa shape index (κ3) is 11.2. The van der Waals surface area contributed by atoms with Crippen LogP contribution in [0.3, 0.4) is 0 Å². The number of halogens is 1. The Labute approximate surface area is 156 Å². The summed E-state index contributed by atoms with van der Waals surface area (Å²) >= 11 is 0. The molecule has 3 N–H and O–H groups in total. The van der Waals surface area contributed by atoms with Crippen molar-refractivity contribution >= 4 is 11.9 Å². The van der Waals surface area contributed by atoms with Gasteiger partial charge in [-0.05, 0) is 48.0 Å². The van der Waals surface area contributed by atoms with Crippen molar-refractivity contribution in [2.45, 2.75) is 73.0 Å². The molecular weight excluding hydrogens is 364 g/mol. The van der Waals surface area contributed by atoms with E-state index in [1.807, 2.05) is 0 Å². The Morgan fingerprint density at radius 1 is 1.12 bits per heavy atom. The van der Waals surface area contributed by atoms with Gasteiger partial charge in [0.1, 0.15) is 0 Å². The fourth-order valence-electron chi connectivity index (χ4n) is 1.90. The lowest BCUT2D eigenvalue weighted by Crippen LogP contribution is -2.58. The van der Waals surface area contributed by atoms with Crippen molar-refractivity contribution in [3.05, 3.63) is 5.62 Å². The highest BCUT2D eigenvalue weighted by atomic mass is 35.7. The summed E-state index contributed by atoms with van der Waals surface area (Å²) in [7, 11) is -4.69. The molecule has 0 bridgehead atoms. The number of nitrogens with zero attached hydrogens (tertiary/aromatic N) is 4. The van der Waals surface area contributed by atoms with E-state index < -0.39 is 10.2 Å². The number of aromatic nitrogens is 3. The highest BCUT2D eigenvalue weighted by molar-refractivity contribution is 5.35. The molecule has 0 fully saturated rings. The summed E-state index contributed by atoms with van der Waals surface area (Å²) in [6, 6.07) is 0.732. The van der Waals surface area contributed by atoms with Gasteiger partial charge in [0.05, 0.1) is 14.9 Å². The van der Waals surface area contributed by atoms with Crippen LogP contribution in [0.15, 0.2) is 4.99 Å². The average molecular weight is 395 g/mol. The van der Waals surface area contributed by atoms with Crippen molar-refractivity contribution in [2.24, 2.45) is 4.99 Å². The molecule has 1 rings (SSSR count). The van der Waals surface area contributed by atoms with E-state index in [9.17, 15) is 0 Å². The van der Waals surface area contributed by atoms with Crippen molar-refractivity contribution < 1.29 is 28.9 Å². The molecule has 0 saturated heterocycles. The topological polar surface area (TPSA) is 157 Å². The summed E-state index contributed by atoms with van der Waals surface area (Å²) in [5.41, 5.74) is 0.719. The average Bonchev–Trinajstić information content (AvgIpc) is 2.41. The fourth-order valence-corrected chi connectivity index (χ4v) is 1.90. The minimum Gasteiger partial charge on any atom is -0.354 e. The minimum absolute atomic E-state index is 0.191. The molecule has 0 amide bonds. The van der Waals surface area contributed by atoms with E-state index in [1.54, 1.807) is 0 Å². The zero-order valence-electron chi connectivity index (χ0n) is 16.5. The Kier molecular flexibility index (Phi) is 10.7. The molecule has 0 unspecified atom stereocenters. The standard InChI is InChI=1S/C15H30N6.ClHO4/c1-8-9-16-13-19-14(17-10(2)3)21(12(6)7)15(20-13)18-11(4)5;2-1(3,4)5/h10-12H,8-9H2,1-7H3,(H2,16,17,18,19,20);(H,2,3,4,5). The van der Waals surface area contributed by atoms with E-state index in [0.29, 0.717) is 12.0 Å².